The molecule has 0 atom stereocenters. The Labute approximate surface area is 117 Å². The normalized spacial score (nSPS) is 11.3. The second-order valence-corrected chi connectivity index (χ2v) is 4.50. The van der Waals surface area contributed by atoms with Crippen LogP contribution < -0.4 is 5.32 Å². The van der Waals surface area contributed by atoms with Crippen LogP contribution in [0, 0.1) is 5.82 Å². The maximum Gasteiger partial charge on any atom is 0.182 e. The molecule has 0 aliphatic rings. The Morgan fingerprint density at radius 1 is 1.19 bits per heavy atom. The number of halogens is 1. The highest BCUT2D eigenvalue weighted by Crippen LogP contribution is 2.17. The fraction of sp³-hybridized carbons (Fsp3) is 0.0769. The molecule has 3 N–H and O–H groups in total. The van der Waals surface area contributed by atoms with Gasteiger partial charge in [0, 0.05) is 0 Å². The first-order valence-electron chi connectivity index (χ1n) is 6.32. The van der Waals surface area contributed by atoms with Crippen LogP contribution in [0.25, 0.3) is 22.2 Å². The van der Waals surface area contributed by atoms with Gasteiger partial charge in [-0.1, -0.05) is 6.07 Å². The maximum absolute atomic E-state index is 13.6. The lowest BCUT2D eigenvalue weighted by atomic mass is 10.3. The number of benzene rings is 1. The lowest BCUT2D eigenvalue weighted by molar-refractivity contribution is 0.637. The van der Waals surface area contributed by atoms with E-state index in [2.05, 4.69) is 35.2 Å². The number of imidazole rings is 2. The van der Waals surface area contributed by atoms with Crippen LogP contribution in [0.15, 0.2) is 30.9 Å². The summed E-state index contributed by atoms with van der Waals surface area (Å²) >= 11 is 0. The molecule has 0 fully saturated rings. The van der Waals surface area contributed by atoms with Gasteiger partial charge < -0.3 is 15.3 Å². The highest BCUT2D eigenvalue weighted by molar-refractivity contribution is 5.82. The van der Waals surface area contributed by atoms with Crippen molar-refractivity contribution in [2.24, 2.45) is 0 Å². The smallest absolute Gasteiger partial charge is 0.182 e. The molecule has 0 aliphatic carbocycles. The van der Waals surface area contributed by atoms with Crippen LogP contribution in [0.2, 0.25) is 0 Å². The summed E-state index contributed by atoms with van der Waals surface area (Å²) < 4.78 is 13.6. The van der Waals surface area contributed by atoms with Crippen LogP contribution in [-0.2, 0) is 6.54 Å². The van der Waals surface area contributed by atoms with Gasteiger partial charge in [-0.05, 0) is 12.1 Å². The Morgan fingerprint density at radius 2 is 2.14 bits per heavy atom. The van der Waals surface area contributed by atoms with E-state index < -0.39 is 0 Å². The van der Waals surface area contributed by atoms with E-state index in [1.54, 1.807) is 18.5 Å². The molecule has 21 heavy (non-hydrogen) atoms. The Hall–Kier alpha value is -3.03. The van der Waals surface area contributed by atoms with E-state index in [1.807, 2.05) is 0 Å². The summed E-state index contributed by atoms with van der Waals surface area (Å²) in [5, 5.41) is 3.13. The zero-order valence-corrected chi connectivity index (χ0v) is 10.8. The van der Waals surface area contributed by atoms with Crippen LogP contribution in [0.3, 0.4) is 0 Å². The summed E-state index contributed by atoms with van der Waals surface area (Å²) in [4.78, 5) is 22.5. The molecule has 0 unspecified atom stereocenters. The quantitative estimate of drug-likeness (QED) is 0.534. The minimum absolute atomic E-state index is 0.337. The fourth-order valence-corrected chi connectivity index (χ4v) is 2.20. The van der Waals surface area contributed by atoms with Crippen molar-refractivity contribution in [2.45, 2.75) is 6.54 Å². The molecule has 0 radical (unpaired) electrons. The Morgan fingerprint density at radius 3 is 3.05 bits per heavy atom. The topological polar surface area (TPSA) is 95.2 Å². The minimum atomic E-state index is -0.340. The van der Waals surface area contributed by atoms with E-state index in [0.717, 1.165) is 5.52 Å². The number of rotatable bonds is 3. The van der Waals surface area contributed by atoms with Crippen molar-refractivity contribution in [1.29, 1.82) is 0 Å². The zero-order valence-electron chi connectivity index (χ0n) is 10.8. The van der Waals surface area contributed by atoms with Crippen molar-refractivity contribution in [3.63, 3.8) is 0 Å². The van der Waals surface area contributed by atoms with Crippen molar-refractivity contribution >= 4 is 28.0 Å². The molecule has 0 amide bonds. The molecule has 4 aromatic rings. The number of nitrogens with zero attached hydrogens (tertiary/aromatic N) is 4. The van der Waals surface area contributed by atoms with Crippen LogP contribution >= 0.6 is 0 Å². The molecule has 7 nitrogen and oxygen atoms in total. The number of aromatic amines is 2. The number of nitrogens with one attached hydrogen (secondary N) is 3. The highest BCUT2D eigenvalue weighted by Gasteiger charge is 2.09. The van der Waals surface area contributed by atoms with Crippen molar-refractivity contribution in [3.8, 4) is 0 Å². The van der Waals surface area contributed by atoms with Gasteiger partial charge in [-0.3, -0.25) is 0 Å². The number of para-hydroxylation sites is 1. The Balaban J connectivity index is 1.63. The number of fused-ring (bicyclic) bond motifs is 2. The lowest BCUT2D eigenvalue weighted by Gasteiger charge is -2.03. The third-order valence-corrected chi connectivity index (χ3v) is 3.16. The molecule has 0 bridgehead atoms. The fourth-order valence-electron chi connectivity index (χ4n) is 2.20. The Kier molecular flexibility index (Phi) is 2.53. The summed E-state index contributed by atoms with van der Waals surface area (Å²) in [5.74, 6) is 0.910. The molecule has 8 heteroatoms. The molecular formula is C13H10FN7. The van der Waals surface area contributed by atoms with Crippen molar-refractivity contribution in [2.75, 3.05) is 5.32 Å². The third kappa shape index (κ3) is 1.97. The lowest BCUT2D eigenvalue weighted by Crippen LogP contribution is -2.04. The predicted molar refractivity (Wildman–Crippen MR) is 75.1 cm³/mol. The van der Waals surface area contributed by atoms with Gasteiger partial charge in [-0.25, -0.2) is 24.3 Å². The summed E-state index contributed by atoms with van der Waals surface area (Å²) in [6.07, 6.45) is 2.99. The average Bonchev–Trinajstić information content (AvgIpc) is 3.12. The predicted octanol–water partition coefficient (Wildman–Crippen LogP) is 1.98. The van der Waals surface area contributed by atoms with Crippen LogP contribution in [0.5, 0.6) is 0 Å². The molecule has 4 rings (SSSR count). The number of hydrogen-bond donors (Lipinski definition) is 3. The summed E-state index contributed by atoms with van der Waals surface area (Å²) in [6, 6.07) is 4.82. The SMILES string of the molecule is Fc1cccc2[nH]c(CNc3ncnc4nc[nH]c34)nc12. The van der Waals surface area contributed by atoms with Gasteiger partial charge in [-0.15, -0.1) is 0 Å². The largest absolute Gasteiger partial charge is 0.361 e. The molecule has 0 spiro atoms. The van der Waals surface area contributed by atoms with Crippen LogP contribution in [0.1, 0.15) is 5.82 Å². The number of anilines is 1. The minimum Gasteiger partial charge on any atom is -0.361 e. The van der Waals surface area contributed by atoms with Gasteiger partial charge in [0.05, 0.1) is 18.4 Å². The Bertz CT molecular complexity index is 926. The number of H-pyrrole nitrogens is 2. The van der Waals surface area contributed by atoms with E-state index in [9.17, 15) is 4.39 Å². The van der Waals surface area contributed by atoms with E-state index in [4.69, 9.17) is 0 Å². The first-order chi connectivity index (χ1) is 10.3. The van der Waals surface area contributed by atoms with E-state index in [1.165, 1.54) is 12.4 Å². The molecule has 0 aliphatic heterocycles. The molecule has 1 aromatic carbocycles. The maximum atomic E-state index is 13.6. The summed E-state index contributed by atoms with van der Waals surface area (Å²) in [5.41, 5.74) is 2.31. The molecule has 3 heterocycles. The van der Waals surface area contributed by atoms with Crippen LogP contribution in [-0.4, -0.2) is 29.9 Å². The number of aromatic nitrogens is 6. The van der Waals surface area contributed by atoms with Gasteiger partial charge >= 0.3 is 0 Å². The first kappa shape index (κ1) is 11.8. The van der Waals surface area contributed by atoms with E-state index in [-0.39, 0.29) is 5.82 Å². The van der Waals surface area contributed by atoms with E-state index >= 15 is 0 Å². The van der Waals surface area contributed by atoms with Gasteiger partial charge in [0.15, 0.2) is 17.3 Å². The van der Waals surface area contributed by atoms with Crippen LogP contribution in [0.4, 0.5) is 10.2 Å². The molecular weight excluding hydrogens is 273 g/mol. The first-order valence-corrected chi connectivity index (χ1v) is 6.32. The van der Waals surface area contributed by atoms with Gasteiger partial charge in [-0.2, -0.15) is 0 Å². The summed E-state index contributed by atoms with van der Waals surface area (Å²) in [7, 11) is 0. The van der Waals surface area contributed by atoms with Crippen molar-refractivity contribution in [3.05, 3.63) is 42.5 Å². The second-order valence-electron chi connectivity index (χ2n) is 4.50. The third-order valence-electron chi connectivity index (χ3n) is 3.16. The molecule has 0 saturated heterocycles. The number of hydrogen-bond acceptors (Lipinski definition) is 5. The molecule has 104 valence electrons. The van der Waals surface area contributed by atoms with Gasteiger partial charge in [0.1, 0.15) is 23.2 Å². The monoisotopic (exact) mass is 283 g/mol. The summed E-state index contributed by atoms with van der Waals surface area (Å²) in [6.45, 7) is 0.388. The zero-order chi connectivity index (χ0) is 14.2. The van der Waals surface area contributed by atoms with Crippen molar-refractivity contribution in [1.82, 2.24) is 29.9 Å². The van der Waals surface area contributed by atoms with Gasteiger partial charge in [0.25, 0.3) is 0 Å². The highest BCUT2D eigenvalue weighted by atomic mass is 19.1. The second kappa shape index (κ2) is 4.51. The van der Waals surface area contributed by atoms with Gasteiger partial charge in [0.2, 0.25) is 0 Å². The molecule has 3 aromatic heterocycles. The van der Waals surface area contributed by atoms with E-state index in [0.29, 0.717) is 34.9 Å². The average molecular weight is 283 g/mol. The van der Waals surface area contributed by atoms with Crippen molar-refractivity contribution < 1.29 is 4.39 Å². The standard InChI is InChI=1S/C13H10FN7/c14-7-2-1-3-8-10(7)21-9(20-8)4-15-12-11-13(17-5-16-11)19-6-18-12/h1-3,5-6H,4H2,(H,20,21)(H2,15,16,17,18,19). The molecule has 0 saturated carbocycles.